The van der Waals surface area contributed by atoms with Crippen molar-refractivity contribution >= 4 is 17.3 Å². The summed E-state index contributed by atoms with van der Waals surface area (Å²) in [4.78, 5) is 4.61. The van der Waals surface area contributed by atoms with Gasteiger partial charge in [0, 0.05) is 31.7 Å². The number of nitrogens with zero attached hydrogens (tertiary/aromatic N) is 1. The van der Waals surface area contributed by atoms with Gasteiger partial charge in [0.2, 0.25) is 0 Å². The summed E-state index contributed by atoms with van der Waals surface area (Å²) in [5.74, 6) is 0.827. The van der Waals surface area contributed by atoms with Crippen LogP contribution in [0.5, 0.6) is 0 Å². The van der Waals surface area contributed by atoms with E-state index in [1.807, 2.05) is 0 Å². The smallest absolute Gasteiger partial charge is 0.191 e. The lowest BCUT2D eigenvalue weighted by Crippen LogP contribution is -2.44. The summed E-state index contributed by atoms with van der Waals surface area (Å²) in [6.45, 7) is 6.05. The van der Waals surface area contributed by atoms with Crippen LogP contribution in [0.4, 0.5) is 0 Å². The third-order valence-corrected chi connectivity index (χ3v) is 4.53. The van der Waals surface area contributed by atoms with Crippen LogP contribution in [0.25, 0.3) is 0 Å². The van der Waals surface area contributed by atoms with Crippen LogP contribution in [-0.4, -0.2) is 44.0 Å². The van der Waals surface area contributed by atoms with E-state index in [4.69, 9.17) is 4.74 Å². The molecule has 5 nitrogen and oxygen atoms in total. The molecular weight excluding hydrogens is 286 g/mol. The van der Waals surface area contributed by atoms with E-state index in [0.29, 0.717) is 13.2 Å². The molecule has 0 aliphatic carbocycles. The zero-order chi connectivity index (χ0) is 15.0. The lowest BCUT2D eigenvalue weighted by Gasteiger charge is -2.27. The Bertz CT molecular complexity index is 428. The Hall–Kier alpha value is -1.11. The fraction of sp³-hybridized carbons (Fsp3) is 0.667. The SMILES string of the molecule is CCNC(=NCc1ccsc1)NCC1(CCO)CCOC1. The van der Waals surface area contributed by atoms with Gasteiger partial charge in [-0.15, -0.1) is 0 Å². The standard InChI is InChI=1S/C15H25N3O2S/c1-2-16-14(17-9-13-3-8-21-10-13)18-11-15(4-6-19)5-7-20-12-15/h3,8,10,19H,2,4-7,9,11-12H2,1H3,(H2,16,17,18). The van der Waals surface area contributed by atoms with Crippen molar-refractivity contribution in [2.75, 3.05) is 32.9 Å². The van der Waals surface area contributed by atoms with E-state index in [1.54, 1.807) is 11.3 Å². The first-order chi connectivity index (χ1) is 10.3. The molecular formula is C15H25N3O2S. The van der Waals surface area contributed by atoms with Gasteiger partial charge >= 0.3 is 0 Å². The minimum atomic E-state index is 0.0350. The normalized spacial score (nSPS) is 22.5. The van der Waals surface area contributed by atoms with Crippen molar-refractivity contribution in [3.63, 3.8) is 0 Å². The molecule has 1 aliphatic rings. The number of hydrogen-bond donors (Lipinski definition) is 3. The topological polar surface area (TPSA) is 65.9 Å². The molecule has 0 amide bonds. The molecule has 6 heteroatoms. The number of thiophene rings is 1. The molecule has 1 aromatic rings. The highest BCUT2D eigenvalue weighted by atomic mass is 32.1. The minimum Gasteiger partial charge on any atom is -0.396 e. The Labute approximate surface area is 130 Å². The third kappa shape index (κ3) is 4.98. The van der Waals surface area contributed by atoms with Gasteiger partial charge in [-0.1, -0.05) is 0 Å². The maximum absolute atomic E-state index is 9.26. The van der Waals surface area contributed by atoms with Crippen LogP contribution < -0.4 is 10.6 Å². The number of nitrogens with one attached hydrogen (secondary N) is 2. The van der Waals surface area contributed by atoms with E-state index in [2.05, 4.69) is 39.4 Å². The molecule has 0 radical (unpaired) electrons. The lowest BCUT2D eigenvalue weighted by atomic mass is 9.84. The average molecular weight is 311 g/mol. The van der Waals surface area contributed by atoms with Crippen molar-refractivity contribution in [1.29, 1.82) is 0 Å². The summed E-state index contributed by atoms with van der Waals surface area (Å²) in [6.07, 6.45) is 1.76. The Kier molecular flexibility index (Phi) is 6.48. The van der Waals surface area contributed by atoms with E-state index < -0.39 is 0 Å². The maximum atomic E-state index is 9.26. The van der Waals surface area contributed by atoms with Crippen molar-refractivity contribution < 1.29 is 9.84 Å². The molecule has 3 N–H and O–H groups in total. The molecule has 1 saturated heterocycles. The number of aliphatic hydroxyl groups is 1. The maximum Gasteiger partial charge on any atom is 0.191 e. The number of ether oxygens (including phenoxy) is 1. The second kappa shape index (κ2) is 8.36. The summed E-state index contributed by atoms with van der Waals surface area (Å²) in [5.41, 5.74) is 1.26. The molecule has 2 rings (SSSR count). The van der Waals surface area contributed by atoms with Crippen LogP contribution in [0, 0.1) is 5.41 Å². The van der Waals surface area contributed by atoms with Gasteiger partial charge in [0.15, 0.2) is 5.96 Å². The average Bonchev–Trinajstić information content (AvgIpc) is 3.14. The number of guanidine groups is 1. The van der Waals surface area contributed by atoms with Crippen molar-refractivity contribution in [3.8, 4) is 0 Å². The molecule has 0 spiro atoms. The zero-order valence-electron chi connectivity index (χ0n) is 12.6. The summed E-state index contributed by atoms with van der Waals surface area (Å²) < 4.78 is 5.51. The Morgan fingerprint density at radius 3 is 3.05 bits per heavy atom. The Morgan fingerprint density at radius 2 is 2.43 bits per heavy atom. The van der Waals surface area contributed by atoms with Gasteiger partial charge in [-0.2, -0.15) is 11.3 Å². The largest absolute Gasteiger partial charge is 0.396 e. The molecule has 0 saturated carbocycles. The van der Waals surface area contributed by atoms with E-state index in [9.17, 15) is 5.11 Å². The van der Waals surface area contributed by atoms with Gasteiger partial charge in [-0.25, -0.2) is 4.99 Å². The number of aliphatic imine (C=N–C) groups is 1. The van der Waals surface area contributed by atoms with Gasteiger partial charge in [0.05, 0.1) is 13.2 Å². The number of hydrogen-bond acceptors (Lipinski definition) is 4. The van der Waals surface area contributed by atoms with Gasteiger partial charge < -0.3 is 20.5 Å². The summed E-state index contributed by atoms with van der Waals surface area (Å²) in [6, 6.07) is 2.09. The highest BCUT2D eigenvalue weighted by Gasteiger charge is 2.34. The fourth-order valence-electron chi connectivity index (χ4n) is 2.48. The quantitative estimate of drug-likeness (QED) is 0.528. The molecule has 1 aromatic heterocycles. The van der Waals surface area contributed by atoms with Gasteiger partial charge in [0.1, 0.15) is 0 Å². The molecule has 21 heavy (non-hydrogen) atoms. The molecule has 118 valence electrons. The fourth-order valence-corrected chi connectivity index (χ4v) is 3.14. The first-order valence-corrected chi connectivity index (χ1v) is 8.44. The van der Waals surface area contributed by atoms with Crippen molar-refractivity contribution in [3.05, 3.63) is 22.4 Å². The lowest BCUT2D eigenvalue weighted by molar-refractivity contribution is 0.127. The van der Waals surface area contributed by atoms with Crippen LogP contribution >= 0.6 is 11.3 Å². The monoisotopic (exact) mass is 311 g/mol. The Morgan fingerprint density at radius 1 is 1.52 bits per heavy atom. The first-order valence-electron chi connectivity index (χ1n) is 7.50. The van der Waals surface area contributed by atoms with E-state index in [1.165, 1.54) is 5.56 Å². The van der Waals surface area contributed by atoms with Crippen molar-refractivity contribution in [1.82, 2.24) is 10.6 Å². The highest BCUT2D eigenvalue weighted by molar-refractivity contribution is 7.07. The van der Waals surface area contributed by atoms with Crippen molar-refractivity contribution in [2.24, 2.45) is 10.4 Å². The molecule has 1 atom stereocenters. The second-order valence-electron chi connectivity index (χ2n) is 5.46. The van der Waals surface area contributed by atoms with Gasteiger partial charge in [-0.3, -0.25) is 0 Å². The van der Waals surface area contributed by atoms with E-state index in [-0.39, 0.29) is 12.0 Å². The highest BCUT2D eigenvalue weighted by Crippen LogP contribution is 2.31. The second-order valence-corrected chi connectivity index (χ2v) is 6.24. The van der Waals surface area contributed by atoms with Crippen LogP contribution in [-0.2, 0) is 11.3 Å². The predicted octanol–water partition coefficient (Wildman–Crippen LogP) is 1.59. The number of aliphatic hydroxyl groups excluding tert-OH is 1. The molecule has 0 bridgehead atoms. The van der Waals surface area contributed by atoms with E-state index in [0.717, 1.165) is 38.5 Å². The van der Waals surface area contributed by atoms with Gasteiger partial charge in [0.25, 0.3) is 0 Å². The van der Waals surface area contributed by atoms with Crippen LogP contribution in [0.2, 0.25) is 0 Å². The summed E-state index contributed by atoms with van der Waals surface area (Å²) in [7, 11) is 0. The molecule has 1 unspecified atom stereocenters. The third-order valence-electron chi connectivity index (χ3n) is 3.80. The van der Waals surface area contributed by atoms with Crippen molar-refractivity contribution in [2.45, 2.75) is 26.3 Å². The zero-order valence-corrected chi connectivity index (χ0v) is 13.4. The first kappa shape index (κ1) is 16.3. The molecule has 2 heterocycles. The number of rotatable bonds is 7. The Balaban J connectivity index is 1.90. The molecule has 1 fully saturated rings. The van der Waals surface area contributed by atoms with Crippen LogP contribution in [0.3, 0.4) is 0 Å². The molecule has 0 aromatic carbocycles. The minimum absolute atomic E-state index is 0.0350. The summed E-state index contributed by atoms with van der Waals surface area (Å²) in [5, 5.41) is 20.1. The van der Waals surface area contributed by atoms with Crippen LogP contribution in [0.15, 0.2) is 21.8 Å². The van der Waals surface area contributed by atoms with Crippen LogP contribution in [0.1, 0.15) is 25.3 Å². The summed E-state index contributed by atoms with van der Waals surface area (Å²) >= 11 is 1.69. The molecule has 1 aliphatic heterocycles. The predicted molar refractivity (Wildman–Crippen MR) is 86.7 cm³/mol. The van der Waals surface area contributed by atoms with Gasteiger partial charge in [-0.05, 0) is 42.2 Å². The van der Waals surface area contributed by atoms with E-state index >= 15 is 0 Å².